The van der Waals surface area contributed by atoms with Crippen LogP contribution in [0.5, 0.6) is 0 Å². The fourth-order valence-corrected chi connectivity index (χ4v) is 3.51. The van der Waals surface area contributed by atoms with Crippen LogP contribution in [-0.2, 0) is 16.1 Å². The van der Waals surface area contributed by atoms with Crippen molar-refractivity contribution in [2.45, 2.75) is 37.9 Å². The van der Waals surface area contributed by atoms with Crippen molar-refractivity contribution in [1.82, 2.24) is 24.8 Å². The average molecular weight is 487 g/mol. The van der Waals surface area contributed by atoms with E-state index in [1.165, 1.54) is 28.5 Å². The van der Waals surface area contributed by atoms with Gasteiger partial charge in [0, 0.05) is 31.3 Å². The van der Waals surface area contributed by atoms with E-state index in [0.717, 1.165) is 0 Å². The Kier molecular flexibility index (Phi) is 7.03. The third-order valence-corrected chi connectivity index (χ3v) is 5.76. The van der Waals surface area contributed by atoms with Gasteiger partial charge in [-0.15, -0.1) is 0 Å². The average Bonchev–Trinajstić information content (AvgIpc) is 2.80. The largest absolute Gasteiger partial charge is 0.481 e. The van der Waals surface area contributed by atoms with Crippen molar-refractivity contribution in [2.75, 3.05) is 24.6 Å². The van der Waals surface area contributed by atoms with Crippen molar-refractivity contribution in [3.05, 3.63) is 46.1 Å². The molecular formula is C21H25N7O7. The zero-order valence-corrected chi connectivity index (χ0v) is 19.0. The van der Waals surface area contributed by atoms with Gasteiger partial charge in [-0.2, -0.15) is 9.97 Å². The molecule has 2 heterocycles. The molecule has 6 N–H and O–H groups in total. The highest BCUT2D eigenvalue weighted by molar-refractivity contribution is 5.98. The van der Waals surface area contributed by atoms with Crippen LogP contribution in [0.2, 0.25) is 0 Å². The Labute approximate surface area is 198 Å². The van der Waals surface area contributed by atoms with Gasteiger partial charge in [0.05, 0.1) is 12.6 Å². The number of carbonyl (C=O) groups excluding carboxylic acids is 2. The molecule has 14 heteroatoms. The molecule has 186 valence electrons. The summed E-state index contributed by atoms with van der Waals surface area (Å²) in [5, 5.41) is 23.8. The molecule has 0 saturated carbocycles. The number of likely N-dealkylation sites (N-methyl/N-ethyl adjacent to an activating group) is 1. The molecular weight excluding hydrogens is 462 g/mol. The van der Waals surface area contributed by atoms with Gasteiger partial charge in [-0.05, 0) is 37.6 Å². The Bertz CT molecular complexity index is 1230. The van der Waals surface area contributed by atoms with Crippen molar-refractivity contribution in [3.63, 3.8) is 0 Å². The summed E-state index contributed by atoms with van der Waals surface area (Å²) >= 11 is 0. The maximum Gasteiger partial charge on any atom is 0.352 e. The number of nitrogens with two attached hydrogens (primary N) is 1. The summed E-state index contributed by atoms with van der Waals surface area (Å²) in [5.41, 5.74) is 3.86. The molecule has 1 aliphatic heterocycles. The number of nitrogens with zero attached hydrogens (tertiary/aromatic N) is 4. The van der Waals surface area contributed by atoms with Gasteiger partial charge < -0.3 is 31.5 Å². The highest BCUT2D eigenvalue weighted by Gasteiger charge is 2.35. The lowest BCUT2D eigenvalue weighted by Gasteiger charge is -2.33. The van der Waals surface area contributed by atoms with Crippen LogP contribution in [-0.4, -0.2) is 78.6 Å². The van der Waals surface area contributed by atoms with Crippen LogP contribution in [0.3, 0.4) is 0 Å². The van der Waals surface area contributed by atoms with E-state index >= 15 is 0 Å². The first kappa shape index (κ1) is 25.1. The lowest BCUT2D eigenvalue weighted by atomic mass is 9.95. The minimum atomic E-state index is -1.74. The number of aromatic nitrogens is 3. The van der Waals surface area contributed by atoms with Gasteiger partial charge >= 0.3 is 17.6 Å². The van der Waals surface area contributed by atoms with Crippen LogP contribution in [0.25, 0.3) is 0 Å². The van der Waals surface area contributed by atoms with E-state index in [-0.39, 0.29) is 36.8 Å². The highest BCUT2D eigenvalue weighted by Crippen LogP contribution is 2.17. The van der Waals surface area contributed by atoms with Gasteiger partial charge in [0.2, 0.25) is 11.8 Å². The zero-order valence-electron chi connectivity index (χ0n) is 19.0. The molecule has 35 heavy (non-hydrogen) atoms. The lowest BCUT2D eigenvalue weighted by Crippen LogP contribution is -2.52. The van der Waals surface area contributed by atoms with Crippen molar-refractivity contribution in [1.29, 1.82) is 0 Å². The number of hydrogen-bond acceptors (Lipinski definition) is 9. The summed E-state index contributed by atoms with van der Waals surface area (Å²) < 4.78 is 1.17. The number of carboxylic acid groups (broad SMARTS) is 2. The van der Waals surface area contributed by atoms with Crippen molar-refractivity contribution < 1.29 is 29.4 Å². The van der Waals surface area contributed by atoms with Crippen molar-refractivity contribution >= 4 is 35.4 Å². The Morgan fingerprint density at radius 3 is 2.43 bits per heavy atom. The molecule has 0 radical (unpaired) electrons. The number of nitrogen functional groups attached to an aromatic ring is 1. The molecule has 0 bridgehead atoms. The predicted molar refractivity (Wildman–Crippen MR) is 122 cm³/mol. The highest BCUT2D eigenvalue weighted by atomic mass is 16.4. The number of hydrogen-bond donors (Lipinski definition) is 5. The molecule has 2 amide bonds. The quantitative estimate of drug-likeness (QED) is 0.296. The number of benzene rings is 1. The number of fused-ring (bicyclic) bond motifs is 1. The third-order valence-electron chi connectivity index (χ3n) is 5.76. The van der Waals surface area contributed by atoms with Crippen LogP contribution in [0, 0.1) is 0 Å². The van der Waals surface area contributed by atoms with Gasteiger partial charge in [0.25, 0.3) is 11.8 Å². The van der Waals surface area contributed by atoms with Crippen LogP contribution >= 0.6 is 0 Å². The van der Waals surface area contributed by atoms with E-state index in [2.05, 4.69) is 20.6 Å². The van der Waals surface area contributed by atoms with E-state index in [9.17, 15) is 29.1 Å². The molecule has 2 atom stereocenters. The minimum absolute atomic E-state index is 0.0756. The third kappa shape index (κ3) is 5.54. The molecule has 0 saturated heterocycles. The minimum Gasteiger partial charge on any atom is -0.481 e. The van der Waals surface area contributed by atoms with E-state index in [4.69, 9.17) is 10.8 Å². The second-order valence-corrected chi connectivity index (χ2v) is 8.31. The molecule has 0 fully saturated rings. The van der Waals surface area contributed by atoms with E-state index in [0.29, 0.717) is 5.69 Å². The second-order valence-electron chi connectivity index (χ2n) is 8.31. The molecule has 0 aliphatic carbocycles. The summed E-state index contributed by atoms with van der Waals surface area (Å²) in [5.74, 6) is -3.99. The van der Waals surface area contributed by atoms with E-state index in [1.807, 2.05) is 0 Å². The maximum atomic E-state index is 12.6. The normalized spacial score (nSPS) is 16.7. The number of carboxylic acids is 2. The monoisotopic (exact) mass is 487 g/mol. The van der Waals surface area contributed by atoms with Crippen LogP contribution in [0.15, 0.2) is 29.1 Å². The summed E-state index contributed by atoms with van der Waals surface area (Å²) in [6.45, 7) is 1.68. The Balaban J connectivity index is 1.65. The Hall–Kier alpha value is -4.49. The predicted octanol–water partition coefficient (Wildman–Crippen LogP) is -0.775. The number of aliphatic carboxylic acids is 2. The SMILES string of the molecule is CN1C(=O)c2nc(N)nc(=O)n2CC1CNc1ccc(C(=O)NC(C)(CCC(=O)O)C(=O)O)cc1. The standard InChI is InChI=1S/C21H25N7O7/c1-21(18(33)34,8-7-14(29)30)26-16(31)11-3-5-12(6-4-11)23-9-13-10-28-15(17(32)27(13)2)24-19(22)25-20(28)35/h3-6,13,23H,7-10H2,1-2H3,(H,26,31)(H,29,30)(H,33,34)(H2,22,25,35). The fourth-order valence-electron chi connectivity index (χ4n) is 3.51. The Morgan fingerprint density at radius 2 is 1.83 bits per heavy atom. The van der Waals surface area contributed by atoms with E-state index < -0.39 is 47.4 Å². The molecule has 1 aliphatic rings. The van der Waals surface area contributed by atoms with Gasteiger partial charge in [0.15, 0.2) is 0 Å². The fraction of sp³-hybridized carbons (Fsp3) is 0.381. The summed E-state index contributed by atoms with van der Waals surface area (Å²) in [6, 6.07) is 5.75. The maximum absolute atomic E-state index is 12.6. The van der Waals surface area contributed by atoms with Crippen LogP contribution in [0.1, 0.15) is 40.7 Å². The summed E-state index contributed by atoms with van der Waals surface area (Å²) in [7, 11) is 1.58. The number of nitrogens with one attached hydrogen (secondary N) is 2. The van der Waals surface area contributed by atoms with Crippen LogP contribution in [0.4, 0.5) is 11.6 Å². The summed E-state index contributed by atoms with van der Waals surface area (Å²) in [6.07, 6.45) is -0.694. The van der Waals surface area contributed by atoms with Gasteiger partial charge in [0.1, 0.15) is 5.54 Å². The first-order valence-corrected chi connectivity index (χ1v) is 10.5. The van der Waals surface area contributed by atoms with Gasteiger partial charge in [-0.1, -0.05) is 0 Å². The molecule has 1 aromatic carbocycles. The number of rotatable bonds is 9. The first-order chi connectivity index (χ1) is 16.4. The zero-order chi connectivity index (χ0) is 25.9. The van der Waals surface area contributed by atoms with Crippen LogP contribution < -0.4 is 22.1 Å². The first-order valence-electron chi connectivity index (χ1n) is 10.5. The molecule has 14 nitrogen and oxygen atoms in total. The topological polar surface area (TPSA) is 210 Å². The van der Waals surface area contributed by atoms with E-state index in [1.54, 1.807) is 19.2 Å². The smallest absolute Gasteiger partial charge is 0.352 e. The molecule has 2 unspecified atom stereocenters. The molecule has 3 rings (SSSR count). The Morgan fingerprint density at radius 1 is 1.17 bits per heavy atom. The van der Waals surface area contributed by atoms with Crippen molar-refractivity contribution in [2.24, 2.45) is 0 Å². The molecule has 0 spiro atoms. The lowest BCUT2D eigenvalue weighted by molar-refractivity contribution is -0.145. The van der Waals surface area contributed by atoms with Crippen molar-refractivity contribution in [3.8, 4) is 0 Å². The number of anilines is 2. The molecule has 2 aromatic rings. The van der Waals surface area contributed by atoms with Gasteiger partial charge in [-0.3, -0.25) is 19.0 Å². The summed E-state index contributed by atoms with van der Waals surface area (Å²) in [4.78, 5) is 68.5. The molecule has 1 aromatic heterocycles. The van der Waals surface area contributed by atoms with Gasteiger partial charge in [-0.25, -0.2) is 9.59 Å². The second kappa shape index (κ2) is 9.79. The number of carbonyl (C=O) groups is 4. The number of amides is 2.